The average Bonchev–Trinajstić information content (AvgIpc) is 2.98. The number of hydrogen-bond donors (Lipinski definition) is 3. The van der Waals surface area contributed by atoms with Crippen LogP contribution in [0, 0.1) is 12.8 Å². The number of amides is 1. The molecule has 0 bridgehead atoms. The average molecular weight is 597 g/mol. The van der Waals surface area contributed by atoms with Crippen molar-refractivity contribution in [3.63, 3.8) is 0 Å². The molecule has 11 heteroatoms. The van der Waals surface area contributed by atoms with E-state index in [1.165, 1.54) is 29.8 Å². The first-order valence-corrected chi connectivity index (χ1v) is 14.8. The minimum atomic E-state index is -4.73. The molecule has 1 amide bonds. The lowest BCUT2D eigenvalue weighted by Gasteiger charge is -2.34. The Morgan fingerprint density at radius 1 is 1.02 bits per heavy atom. The third kappa shape index (κ3) is 8.76. The molecule has 0 saturated carbocycles. The van der Waals surface area contributed by atoms with E-state index in [1.54, 1.807) is 6.20 Å². The van der Waals surface area contributed by atoms with Gasteiger partial charge in [-0.25, -0.2) is 4.98 Å². The summed E-state index contributed by atoms with van der Waals surface area (Å²) in [5.41, 5.74) is 4.99. The molecule has 0 unspecified atom stereocenters. The maximum Gasteiger partial charge on any atom is 0.573 e. The fourth-order valence-electron chi connectivity index (χ4n) is 5.68. The lowest BCUT2D eigenvalue weighted by atomic mass is 9.96. The van der Waals surface area contributed by atoms with E-state index in [9.17, 15) is 18.0 Å². The number of carbonyl (C=O) groups excluding carboxylic acids is 1. The third-order valence-corrected chi connectivity index (χ3v) is 8.10. The second kappa shape index (κ2) is 13.5. The molecule has 43 heavy (non-hydrogen) atoms. The fraction of sp³-hybridized carbons (Fsp3) is 0.438. The van der Waals surface area contributed by atoms with Gasteiger partial charge in [0, 0.05) is 55.0 Å². The molecule has 5 rings (SSSR count). The summed E-state index contributed by atoms with van der Waals surface area (Å²) in [4.78, 5) is 22.0. The summed E-state index contributed by atoms with van der Waals surface area (Å²) in [5.74, 6) is 0.178. The largest absolute Gasteiger partial charge is 0.573 e. The number of aromatic nitrogens is 1. The van der Waals surface area contributed by atoms with Crippen molar-refractivity contribution in [2.24, 2.45) is 5.92 Å². The number of hydrogen-bond acceptors (Lipinski definition) is 7. The molecule has 3 N–H and O–H groups in total. The third-order valence-electron chi connectivity index (χ3n) is 8.10. The Hall–Kier alpha value is -3.99. The number of carbonyl (C=O) groups is 1. The van der Waals surface area contributed by atoms with Gasteiger partial charge in [-0.15, -0.1) is 13.2 Å². The van der Waals surface area contributed by atoms with E-state index >= 15 is 0 Å². The summed E-state index contributed by atoms with van der Waals surface area (Å²) in [6.45, 7) is 5.98. The van der Waals surface area contributed by atoms with E-state index in [4.69, 9.17) is 0 Å². The van der Waals surface area contributed by atoms with Gasteiger partial charge < -0.3 is 30.5 Å². The highest BCUT2D eigenvalue weighted by Gasteiger charge is 2.31. The summed E-state index contributed by atoms with van der Waals surface area (Å²) >= 11 is 0. The van der Waals surface area contributed by atoms with Crippen molar-refractivity contribution in [2.45, 2.75) is 51.6 Å². The zero-order valence-corrected chi connectivity index (χ0v) is 24.6. The van der Waals surface area contributed by atoms with Crippen molar-refractivity contribution in [1.29, 1.82) is 0 Å². The molecule has 0 radical (unpaired) electrons. The number of ether oxygens (including phenoxy) is 1. The number of piperidine rings is 2. The Morgan fingerprint density at radius 3 is 2.51 bits per heavy atom. The number of nitrogens with one attached hydrogen (secondary N) is 3. The van der Waals surface area contributed by atoms with E-state index < -0.39 is 6.36 Å². The normalized spacial score (nSPS) is 18.3. The van der Waals surface area contributed by atoms with Crippen molar-refractivity contribution < 1.29 is 22.7 Å². The van der Waals surface area contributed by atoms with Crippen molar-refractivity contribution >= 4 is 28.8 Å². The van der Waals surface area contributed by atoms with Gasteiger partial charge in [0.15, 0.2) is 0 Å². The van der Waals surface area contributed by atoms with Gasteiger partial charge in [-0.05, 0) is 100 Å². The van der Waals surface area contributed by atoms with E-state index in [-0.39, 0.29) is 24.1 Å². The molecule has 1 atom stereocenters. The first-order chi connectivity index (χ1) is 20.6. The van der Waals surface area contributed by atoms with E-state index in [2.05, 4.69) is 67.6 Å². The zero-order chi connectivity index (χ0) is 30.4. The van der Waals surface area contributed by atoms with Crippen LogP contribution in [0.4, 0.5) is 36.1 Å². The van der Waals surface area contributed by atoms with Crippen LogP contribution in [-0.4, -0.2) is 61.4 Å². The Morgan fingerprint density at radius 2 is 1.79 bits per heavy atom. The Labute approximate surface area is 250 Å². The number of rotatable bonds is 9. The maximum absolute atomic E-state index is 13.0. The number of pyridine rings is 1. The standard InChI is InChI=1S/C32H39F3N6O2/c1-22-18-26(7-10-29(22)38-25-12-16-40(2)17-13-25)39-30-19-27(11-14-36-30)41-15-3-4-24(21-41)31(42)37-20-23-5-8-28(9-6-23)43-32(33,34)35/h5-11,14,18-19,24-25,38H,3-4,12-13,15-17,20-21H2,1-2H3,(H,36,39)(H,37,42)/t24-/m0/s1. The number of aryl methyl sites for hydroxylation is 1. The van der Waals surface area contributed by atoms with E-state index in [0.717, 1.165) is 68.2 Å². The highest BCUT2D eigenvalue weighted by Crippen LogP contribution is 2.28. The van der Waals surface area contributed by atoms with Gasteiger partial charge in [-0.1, -0.05) is 12.1 Å². The maximum atomic E-state index is 13.0. The summed E-state index contributed by atoms with van der Waals surface area (Å²) < 4.78 is 41.1. The smallest absolute Gasteiger partial charge is 0.406 e. The van der Waals surface area contributed by atoms with Gasteiger partial charge in [0.2, 0.25) is 5.91 Å². The predicted molar refractivity (Wildman–Crippen MR) is 163 cm³/mol. The molecule has 8 nitrogen and oxygen atoms in total. The minimum Gasteiger partial charge on any atom is -0.406 e. The SMILES string of the molecule is Cc1cc(Nc2cc(N3CCC[C@H](C(=O)NCc4ccc(OC(F)(F)F)cc4)C3)ccn2)ccc1NC1CCN(C)CC1. The lowest BCUT2D eigenvalue weighted by molar-refractivity contribution is -0.274. The molecular formula is C32H39F3N6O2. The monoisotopic (exact) mass is 596 g/mol. The number of anilines is 4. The van der Waals surface area contributed by atoms with Gasteiger partial charge in [0.1, 0.15) is 11.6 Å². The van der Waals surface area contributed by atoms with Gasteiger partial charge in [-0.3, -0.25) is 4.79 Å². The van der Waals surface area contributed by atoms with Gasteiger partial charge in [0.05, 0.1) is 5.92 Å². The second-order valence-corrected chi connectivity index (χ2v) is 11.5. The molecule has 2 fully saturated rings. The van der Waals surface area contributed by atoms with Crippen LogP contribution < -0.4 is 25.6 Å². The second-order valence-electron chi connectivity index (χ2n) is 11.5. The fourth-order valence-corrected chi connectivity index (χ4v) is 5.68. The Balaban J connectivity index is 1.14. The molecule has 2 saturated heterocycles. The molecule has 2 aliphatic rings. The van der Waals surface area contributed by atoms with Crippen LogP contribution in [0.5, 0.6) is 5.75 Å². The Bertz CT molecular complexity index is 1380. The van der Waals surface area contributed by atoms with Crippen LogP contribution in [0.25, 0.3) is 0 Å². The molecule has 3 heterocycles. The van der Waals surface area contributed by atoms with Gasteiger partial charge >= 0.3 is 6.36 Å². The van der Waals surface area contributed by atoms with Crippen molar-refractivity contribution in [3.8, 4) is 5.75 Å². The highest BCUT2D eigenvalue weighted by atomic mass is 19.4. The van der Waals surface area contributed by atoms with E-state index in [0.29, 0.717) is 18.2 Å². The number of likely N-dealkylation sites (tertiary alicyclic amines) is 1. The summed E-state index contributed by atoms with van der Waals surface area (Å²) in [5, 5.41) is 10.1. The minimum absolute atomic E-state index is 0.0721. The molecule has 0 aliphatic carbocycles. The van der Waals surface area contributed by atoms with Crippen LogP contribution in [0.15, 0.2) is 60.8 Å². The molecule has 2 aliphatic heterocycles. The molecule has 2 aromatic carbocycles. The molecule has 230 valence electrons. The van der Waals surface area contributed by atoms with E-state index in [1.807, 2.05) is 12.1 Å². The van der Waals surface area contributed by atoms with Gasteiger partial charge in [-0.2, -0.15) is 0 Å². The van der Waals surface area contributed by atoms with Crippen LogP contribution in [0.3, 0.4) is 0 Å². The number of halogens is 3. The van der Waals surface area contributed by atoms with Crippen LogP contribution in [0.1, 0.15) is 36.8 Å². The van der Waals surface area contributed by atoms with Crippen LogP contribution >= 0.6 is 0 Å². The number of alkyl halides is 3. The molecule has 1 aromatic heterocycles. The Kier molecular flexibility index (Phi) is 9.59. The molecule has 0 spiro atoms. The summed E-state index contributed by atoms with van der Waals surface area (Å²) in [6.07, 6.45) is 0.970. The summed E-state index contributed by atoms with van der Waals surface area (Å²) in [6, 6.07) is 16.3. The van der Waals surface area contributed by atoms with Crippen LogP contribution in [0.2, 0.25) is 0 Å². The first kappa shape index (κ1) is 30.5. The molecular weight excluding hydrogens is 557 g/mol. The number of nitrogens with zero attached hydrogens (tertiary/aromatic N) is 3. The molecule has 3 aromatic rings. The zero-order valence-electron chi connectivity index (χ0n) is 24.6. The predicted octanol–water partition coefficient (Wildman–Crippen LogP) is 6.07. The lowest BCUT2D eigenvalue weighted by Crippen LogP contribution is -2.43. The van der Waals surface area contributed by atoms with Crippen molar-refractivity contribution in [1.82, 2.24) is 15.2 Å². The summed E-state index contributed by atoms with van der Waals surface area (Å²) in [7, 11) is 2.17. The van der Waals surface area contributed by atoms with Crippen LogP contribution in [-0.2, 0) is 11.3 Å². The quantitative estimate of drug-likeness (QED) is 0.277. The highest BCUT2D eigenvalue weighted by molar-refractivity contribution is 5.79. The van der Waals surface area contributed by atoms with Crippen molar-refractivity contribution in [3.05, 3.63) is 71.9 Å². The first-order valence-electron chi connectivity index (χ1n) is 14.8. The number of benzene rings is 2. The topological polar surface area (TPSA) is 81.8 Å². The van der Waals surface area contributed by atoms with Crippen molar-refractivity contribution in [2.75, 3.05) is 48.8 Å². The van der Waals surface area contributed by atoms with Gasteiger partial charge in [0.25, 0.3) is 0 Å².